The van der Waals surface area contributed by atoms with Gasteiger partial charge in [0.1, 0.15) is 6.61 Å². The summed E-state index contributed by atoms with van der Waals surface area (Å²) in [6, 6.07) is 1.53. The Morgan fingerprint density at radius 1 is 1.04 bits per heavy atom. The number of hydrogen-bond donors (Lipinski definition) is 0. The fourth-order valence-electron chi connectivity index (χ4n) is 5.85. The number of ether oxygens (including phenoxy) is 2. The number of amides is 1. The Bertz CT molecular complexity index is 478. The minimum Gasteiger partial charge on any atom is -0.381 e. The number of carbonyl (C=O) groups is 1. The number of nitrogens with zero attached hydrogens (tertiary/aromatic N) is 2. The van der Waals surface area contributed by atoms with Crippen LogP contribution in [0.5, 0.6) is 0 Å². The molecule has 148 valence electrons. The van der Waals surface area contributed by atoms with E-state index in [1.807, 2.05) is 0 Å². The maximum Gasteiger partial charge on any atom is 0.249 e. The molecule has 0 aromatic rings. The second-order valence-corrected chi connectivity index (χ2v) is 8.76. The summed E-state index contributed by atoms with van der Waals surface area (Å²) in [6.45, 7) is 6.47. The average Bonchev–Trinajstić information content (AvgIpc) is 3.15. The molecule has 4 atom stereocenters. The Balaban J connectivity index is 1.30. The predicted octanol–water partition coefficient (Wildman–Crippen LogP) is 2.83. The molecule has 0 spiro atoms. The van der Waals surface area contributed by atoms with E-state index in [2.05, 4.69) is 16.7 Å². The third-order valence-electron chi connectivity index (χ3n) is 7.21. The minimum atomic E-state index is 0.240. The van der Waals surface area contributed by atoms with E-state index in [0.717, 1.165) is 63.9 Å². The molecular formula is C21H36N2O3. The largest absolute Gasteiger partial charge is 0.381 e. The van der Waals surface area contributed by atoms with Crippen molar-refractivity contribution < 1.29 is 14.3 Å². The van der Waals surface area contributed by atoms with Crippen LogP contribution in [0.1, 0.15) is 64.7 Å². The van der Waals surface area contributed by atoms with Gasteiger partial charge >= 0.3 is 0 Å². The molecule has 0 aromatic carbocycles. The van der Waals surface area contributed by atoms with Crippen LogP contribution in [0.15, 0.2) is 0 Å². The molecule has 0 radical (unpaired) electrons. The highest BCUT2D eigenvalue weighted by Crippen LogP contribution is 2.35. The van der Waals surface area contributed by atoms with Crippen molar-refractivity contribution >= 4 is 5.91 Å². The normalized spacial score (nSPS) is 37.1. The summed E-state index contributed by atoms with van der Waals surface area (Å²) in [5.41, 5.74) is 0. The average molecular weight is 365 g/mol. The molecule has 2 heterocycles. The molecule has 0 N–H and O–H groups in total. The summed E-state index contributed by atoms with van der Waals surface area (Å²) < 4.78 is 11.5. The number of morpholine rings is 1. The summed E-state index contributed by atoms with van der Waals surface area (Å²) in [5.74, 6) is 0.991. The lowest BCUT2D eigenvalue weighted by Crippen LogP contribution is -2.61. The van der Waals surface area contributed by atoms with Crippen LogP contribution in [-0.2, 0) is 14.3 Å². The van der Waals surface area contributed by atoms with Gasteiger partial charge in [0.05, 0.1) is 12.1 Å². The van der Waals surface area contributed by atoms with Gasteiger partial charge in [-0.3, -0.25) is 4.79 Å². The minimum absolute atomic E-state index is 0.240. The number of carbonyl (C=O) groups excluding carboxylic acids is 1. The zero-order valence-electron chi connectivity index (χ0n) is 16.4. The summed E-state index contributed by atoms with van der Waals surface area (Å²) in [7, 11) is 0. The topological polar surface area (TPSA) is 42.0 Å². The highest BCUT2D eigenvalue weighted by Gasteiger charge is 2.42. The molecule has 0 aromatic heterocycles. The fourth-order valence-corrected chi connectivity index (χ4v) is 5.85. The van der Waals surface area contributed by atoms with Gasteiger partial charge in [0.25, 0.3) is 0 Å². The van der Waals surface area contributed by atoms with Crippen LogP contribution in [0.25, 0.3) is 0 Å². The zero-order valence-corrected chi connectivity index (χ0v) is 16.4. The molecule has 1 amide bonds. The van der Waals surface area contributed by atoms with Crippen LogP contribution in [-0.4, -0.2) is 72.8 Å². The highest BCUT2D eigenvalue weighted by molar-refractivity contribution is 5.79. The smallest absolute Gasteiger partial charge is 0.249 e. The Morgan fingerprint density at radius 3 is 2.65 bits per heavy atom. The number of hydrogen-bond acceptors (Lipinski definition) is 4. The standard InChI is InChI=1S/C21H36N2O3/c1-2-25-14-16-7-8-18(13-16)22-11-9-17(10-12-22)23-19-5-3-4-6-20(19)26-15-21(23)24/h16-20H,2-15H2,1H3/t16-,18+,19-,20-/m0/s1. The van der Waals surface area contributed by atoms with Gasteiger partial charge < -0.3 is 19.3 Å². The predicted molar refractivity (Wildman–Crippen MR) is 101 cm³/mol. The van der Waals surface area contributed by atoms with Crippen LogP contribution >= 0.6 is 0 Å². The number of fused-ring (bicyclic) bond motifs is 1. The van der Waals surface area contributed by atoms with Crippen LogP contribution in [0.3, 0.4) is 0 Å². The van der Waals surface area contributed by atoms with E-state index >= 15 is 0 Å². The maximum absolute atomic E-state index is 12.6. The molecule has 26 heavy (non-hydrogen) atoms. The number of rotatable bonds is 5. The Hall–Kier alpha value is -0.650. The van der Waals surface area contributed by atoms with E-state index < -0.39 is 0 Å². The molecule has 5 heteroatoms. The number of likely N-dealkylation sites (tertiary alicyclic amines) is 1. The molecule has 0 bridgehead atoms. The molecule has 2 saturated heterocycles. The summed E-state index contributed by atoms with van der Waals surface area (Å²) in [6.07, 6.45) is 11.3. The van der Waals surface area contributed by atoms with Gasteiger partial charge in [-0.1, -0.05) is 12.8 Å². The van der Waals surface area contributed by atoms with Crippen molar-refractivity contribution in [3.8, 4) is 0 Å². The molecule has 4 fully saturated rings. The molecule has 4 rings (SSSR count). The molecule has 2 aliphatic carbocycles. The molecular weight excluding hydrogens is 328 g/mol. The number of piperidine rings is 1. The van der Waals surface area contributed by atoms with Crippen molar-refractivity contribution in [3.63, 3.8) is 0 Å². The van der Waals surface area contributed by atoms with Crippen LogP contribution in [0.4, 0.5) is 0 Å². The van der Waals surface area contributed by atoms with Crippen molar-refractivity contribution in [3.05, 3.63) is 0 Å². The quantitative estimate of drug-likeness (QED) is 0.752. The first-order valence-electron chi connectivity index (χ1n) is 11.0. The van der Waals surface area contributed by atoms with Gasteiger partial charge in [0.2, 0.25) is 5.91 Å². The lowest BCUT2D eigenvalue weighted by atomic mass is 9.87. The summed E-state index contributed by atoms with van der Waals surface area (Å²) >= 11 is 0. The third kappa shape index (κ3) is 3.95. The van der Waals surface area contributed by atoms with Crippen molar-refractivity contribution in [2.45, 2.75) is 88.9 Å². The van der Waals surface area contributed by atoms with E-state index in [4.69, 9.17) is 9.47 Å². The Labute approximate surface area is 158 Å². The van der Waals surface area contributed by atoms with E-state index in [9.17, 15) is 4.79 Å². The van der Waals surface area contributed by atoms with Crippen molar-refractivity contribution in [1.82, 2.24) is 9.80 Å². The molecule has 0 unspecified atom stereocenters. The lowest BCUT2D eigenvalue weighted by Gasteiger charge is -2.49. The van der Waals surface area contributed by atoms with Crippen molar-refractivity contribution in [1.29, 1.82) is 0 Å². The van der Waals surface area contributed by atoms with Gasteiger partial charge in [0, 0.05) is 38.4 Å². The summed E-state index contributed by atoms with van der Waals surface area (Å²) in [5, 5.41) is 0. The Kier molecular flexibility index (Phi) is 6.17. The van der Waals surface area contributed by atoms with Gasteiger partial charge in [-0.2, -0.15) is 0 Å². The first kappa shape index (κ1) is 18.7. The van der Waals surface area contributed by atoms with Gasteiger partial charge in [0.15, 0.2) is 0 Å². The zero-order chi connectivity index (χ0) is 17.9. The molecule has 2 saturated carbocycles. The van der Waals surface area contributed by atoms with Gasteiger partial charge in [-0.25, -0.2) is 0 Å². The van der Waals surface area contributed by atoms with E-state index in [1.54, 1.807) is 0 Å². The second-order valence-electron chi connectivity index (χ2n) is 8.76. The van der Waals surface area contributed by atoms with Gasteiger partial charge in [-0.05, 0) is 57.8 Å². The van der Waals surface area contributed by atoms with Crippen LogP contribution < -0.4 is 0 Å². The highest BCUT2D eigenvalue weighted by atomic mass is 16.5. The molecule has 4 aliphatic rings. The van der Waals surface area contributed by atoms with E-state index in [0.29, 0.717) is 24.8 Å². The van der Waals surface area contributed by atoms with Crippen molar-refractivity contribution in [2.75, 3.05) is 32.9 Å². The van der Waals surface area contributed by atoms with Crippen molar-refractivity contribution in [2.24, 2.45) is 5.92 Å². The van der Waals surface area contributed by atoms with Crippen LogP contribution in [0, 0.1) is 5.92 Å². The first-order valence-corrected chi connectivity index (χ1v) is 11.0. The maximum atomic E-state index is 12.6. The third-order valence-corrected chi connectivity index (χ3v) is 7.21. The molecule has 2 aliphatic heterocycles. The van der Waals surface area contributed by atoms with Crippen LogP contribution in [0.2, 0.25) is 0 Å². The van der Waals surface area contributed by atoms with E-state index in [1.165, 1.54) is 32.1 Å². The SMILES string of the molecule is CCOC[C@H]1CC[C@@H](N2CCC(N3C(=O)CO[C@H]4CCCC[C@@H]43)CC2)C1. The lowest BCUT2D eigenvalue weighted by molar-refractivity contribution is -0.167. The fraction of sp³-hybridized carbons (Fsp3) is 0.952. The first-order chi connectivity index (χ1) is 12.8. The summed E-state index contributed by atoms with van der Waals surface area (Å²) in [4.78, 5) is 17.6. The molecule has 5 nitrogen and oxygen atoms in total. The van der Waals surface area contributed by atoms with Gasteiger partial charge in [-0.15, -0.1) is 0 Å². The van der Waals surface area contributed by atoms with E-state index in [-0.39, 0.29) is 5.91 Å². The Morgan fingerprint density at radius 2 is 1.85 bits per heavy atom. The second kappa shape index (κ2) is 8.57. The monoisotopic (exact) mass is 364 g/mol.